The molecule has 0 aliphatic heterocycles. The first kappa shape index (κ1) is 12.7. The average Bonchev–Trinajstić information content (AvgIpc) is 2.75. The van der Waals surface area contributed by atoms with Crippen molar-refractivity contribution in [2.75, 3.05) is 7.11 Å². The Morgan fingerprint density at radius 2 is 2.00 bits per heavy atom. The molecule has 0 N–H and O–H groups in total. The fourth-order valence-corrected chi connectivity index (χ4v) is 1.91. The van der Waals surface area contributed by atoms with E-state index < -0.39 is 10.9 Å². The topological polar surface area (TPSA) is 91.4 Å². The smallest absolute Gasteiger partial charge is 0.355 e. The number of nitro groups is 1. The van der Waals surface area contributed by atoms with Crippen molar-refractivity contribution in [1.82, 2.24) is 4.57 Å². The van der Waals surface area contributed by atoms with Crippen molar-refractivity contribution in [3.63, 3.8) is 0 Å². The molecule has 0 fully saturated rings. The lowest BCUT2D eigenvalue weighted by Crippen LogP contribution is -2.14. The van der Waals surface area contributed by atoms with Crippen molar-refractivity contribution >= 4 is 28.5 Å². The molecule has 0 spiro atoms. The molecule has 2 aromatic rings. The molecule has 7 nitrogen and oxygen atoms in total. The molecule has 1 aromatic heterocycles. The van der Waals surface area contributed by atoms with Gasteiger partial charge in [0.25, 0.3) is 5.69 Å². The summed E-state index contributed by atoms with van der Waals surface area (Å²) in [6.07, 6.45) is 0. The second kappa shape index (κ2) is 4.52. The van der Waals surface area contributed by atoms with Crippen molar-refractivity contribution in [3.8, 4) is 0 Å². The molecule has 0 atom stereocenters. The molecule has 0 aliphatic carbocycles. The quantitative estimate of drug-likeness (QED) is 0.469. The Morgan fingerprint density at radius 1 is 1.32 bits per heavy atom. The van der Waals surface area contributed by atoms with Gasteiger partial charge in [0.1, 0.15) is 5.69 Å². The van der Waals surface area contributed by atoms with Gasteiger partial charge in [-0.2, -0.15) is 0 Å². The van der Waals surface area contributed by atoms with Crippen LogP contribution in [-0.2, 0) is 4.74 Å². The summed E-state index contributed by atoms with van der Waals surface area (Å²) in [6.45, 7) is 1.30. The SMILES string of the molecule is COC(=O)c1cc2cc([N+](=O)[O-])ccc2n1C(C)=O. The fourth-order valence-electron chi connectivity index (χ4n) is 1.91. The zero-order valence-electron chi connectivity index (χ0n) is 10.2. The number of esters is 1. The van der Waals surface area contributed by atoms with E-state index in [-0.39, 0.29) is 17.3 Å². The Bertz CT molecular complexity index is 701. The summed E-state index contributed by atoms with van der Waals surface area (Å²) in [5, 5.41) is 11.1. The Kier molecular flexibility index (Phi) is 3.04. The Hall–Kier alpha value is -2.70. The van der Waals surface area contributed by atoms with Crippen LogP contribution in [0.1, 0.15) is 22.2 Å². The van der Waals surface area contributed by atoms with Gasteiger partial charge < -0.3 is 4.74 Å². The predicted octanol–water partition coefficient (Wildman–Crippen LogP) is 2.00. The lowest BCUT2D eigenvalue weighted by Gasteiger charge is -2.04. The Morgan fingerprint density at radius 3 is 2.53 bits per heavy atom. The summed E-state index contributed by atoms with van der Waals surface area (Å²) in [6, 6.07) is 5.42. The maximum Gasteiger partial charge on any atom is 0.355 e. The van der Waals surface area contributed by atoms with E-state index in [0.29, 0.717) is 10.9 Å². The van der Waals surface area contributed by atoms with Gasteiger partial charge in [-0.3, -0.25) is 19.5 Å². The molecule has 0 saturated heterocycles. The Balaban J connectivity index is 2.76. The number of benzene rings is 1. The van der Waals surface area contributed by atoms with Crippen molar-refractivity contribution in [2.24, 2.45) is 0 Å². The highest BCUT2D eigenvalue weighted by Crippen LogP contribution is 2.25. The van der Waals surface area contributed by atoms with E-state index in [9.17, 15) is 19.7 Å². The number of hydrogen-bond acceptors (Lipinski definition) is 5. The monoisotopic (exact) mass is 262 g/mol. The molecule has 1 aromatic carbocycles. The van der Waals surface area contributed by atoms with E-state index in [1.807, 2.05) is 0 Å². The van der Waals surface area contributed by atoms with Crippen LogP contribution in [0.5, 0.6) is 0 Å². The summed E-state index contributed by atoms with van der Waals surface area (Å²) in [5.41, 5.74) is 0.369. The molecule has 98 valence electrons. The lowest BCUT2D eigenvalue weighted by molar-refractivity contribution is -0.384. The lowest BCUT2D eigenvalue weighted by atomic mass is 10.2. The van der Waals surface area contributed by atoms with Crippen LogP contribution in [0.4, 0.5) is 5.69 Å². The number of nitrogens with zero attached hydrogens (tertiary/aromatic N) is 2. The van der Waals surface area contributed by atoms with Crippen LogP contribution in [-0.4, -0.2) is 28.5 Å². The summed E-state index contributed by atoms with van der Waals surface area (Å²) >= 11 is 0. The van der Waals surface area contributed by atoms with E-state index in [1.54, 1.807) is 0 Å². The van der Waals surface area contributed by atoms with Gasteiger partial charge in [0.2, 0.25) is 5.91 Å². The van der Waals surface area contributed by atoms with E-state index in [2.05, 4.69) is 4.74 Å². The van der Waals surface area contributed by atoms with Crippen molar-refractivity contribution in [2.45, 2.75) is 6.92 Å². The molecule has 1 heterocycles. The number of non-ortho nitro benzene ring substituents is 1. The second-order valence-electron chi connectivity index (χ2n) is 3.88. The van der Waals surface area contributed by atoms with E-state index >= 15 is 0 Å². The van der Waals surface area contributed by atoms with E-state index in [0.717, 1.165) is 0 Å². The zero-order valence-corrected chi connectivity index (χ0v) is 10.2. The first-order valence-corrected chi connectivity index (χ1v) is 5.35. The summed E-state index contributed by atoms with van der Waals surface area (Å²) in [5.74, 6) is -1.04. The molecule has 0 saturated carbocycles. The molecule has 0 bridgehead atoms. The average molecular weight is 262 g/mol. The van der Waals surface area contributed by atoms with Gasteiger partial charge in [0, 0.05) is 24.4 Å². The van der Waals surface area contributed by atoms with Crippen molar-refractivity contribution in [1.29, 1.82) is 0 Å². The number of carbonyl (C=O) groups is 2. The third kappa shape index (κ3) is 2.05. The van der Waals surface area contributed by atoms with Crippen LogP contribution in [0.15, 0.2) is 24.3 Å². The number of hydrogen-bond donors (Lipinski definition) is 0. The first-order chi connectivity index (χ1) is 8.95. The molecule has 0 radical (unpaired) electrons. The highest BCUT2D eigenvalue weighted by molar-refractivity contribution is 6.02. The summed E-state index contributed by atoms with van der Waals surface area (Å²) in [4.78, 5) is 33.4. The van der Waals surface area contributed by atoms with Gasteiger partial charge in [-0.1, -0.05) is 0 Å². The number of rotatable bonds is 2. The molecule has 19 heavy (non-hydrogen) atoms. The Labute approximate surface area is 107 Å². The molecule has 0 unspecified atom stereocenters. The molecular weight excluding hydrogens is 252 g/mol. The van der Waals surface area contributed by atoms with Gasteiger partial charge in [-0.15, -0.1) is 0 Å². The van der Waals surface area contributed by atoms with Gasteiger partial charge in [0.05, 0.1) is 17.5 Å². The van der Waals surface area contributed by atoms with Crippen LogP contribution in [0, 0.1) is 10.1 Å². The number of aromatic nitrogens is 1. The van der Waals surface area contributed by atoms with Crippen LogP contribution in [0.3, 0.4) is 0 Å². The minimum Gasteiger partial charge on any atom is -0.464 e. The normalized spacial score (nSPS) is 10.4. The fraction of sp³-hybridized carbons (Fsp3) is 0.167. The molecule has 0 aliphatic rings. The van der Waals surface area contributed by atoms with Crippen molar-refractivity contribution in [3.05, 3.63) is 40.1 Å². The minimum atomic E-state index is -0.672. The first-order valence-electron chi connectivity index (χ1n) is 5.35. The van der Waals surface area contributed by atoms with Gasteiger partial charge in [-0.05, 0) is 12.1 Å². The van der Waals surface area contributed by atoms with E-state index in [4.69, 9.17) is 0 Å². The number of fused-ring (bicyclic) bond motifs is 1. The largest absolute Gasteiger partial charge is 0.464 e. The standard InChI is InChI=1S/C12H10N2O5/c1-7(15)13-10-4-3-9(14(17)18)5-8(10)6-11(13)12(16)19-2/h3-6H,1-2H3. The number of methoxy groups -OCH3 is 1. The van der Waals surface area contributed by atoms with Crippen LogP contribution in [0.2, 0.25) is 0 Å². The molecule has 2 rings (SSSR count). The van der Waals surface area contributed by atoms with Crippen LogP contribution < -0.4 is 0 Å². The van der Waals surface area contributed by atoms with Crippen LogP contribution in [0.25, 0.3) is 10.9 Å². The molecule has 7 heteroatoms. The van der Waals surface area contributed by atoms with Gasteiger partial charge in [0.15, 0.2) is 0 Å². The molecule has 0 amide bonds. The van der Waals surface area contributed by atoms with E-state index in [1.165, 1.54) is 42.9 Å². The maximum absolute atomic E-state index is 11.6. The minimum absolute atomic E-state index is 0.0468. The summed E-state index contributed by atoms with van der Waals surface area (Å²) < 4.78 is 5.76. The highest BCUT2D eigenvalue weighted by Gasteiger charge is 2.20. The van der Waals surface area contributed by atoms with Gasteiger partial charge >= 0.3 is 5.97 Å². The van der Waals surface area contributed by atoms with Crippen molar-refractivity contribution < 1.29 is 19.2 Å². The summed E-state index contributed by atoms with van der Waals surface area (Å²) in [7, 11) is 1.20. The molecular formula is C12H10N2O5. The van der Waals surface area contributed by atoms with Gasteiger partial charge in [-0.25, -0.2) is 4.79 Å². The van der Waals surface area contributed by atoms with Crippen LogP contribution >= 0.6 is 0 Å². The predicted molar refractivity (Wildman–Crippen MR) is 66.2 cm³/mol. The zero-order chi connectivity index (χ0) is 14.2. The second-order valence-corrected chi connectivity index (χ2v) is 3.88. The third-order valence-electron chi connectivity index (χ3n) is 2.71. The highest BCUT2D eigenvalue weighted by atomic mass is 16.6. The number of carbonyl (C=O) groups excluding carboxylic acids is 2. The number of nitro benzene ring substituents is 1. The number of ether oxygens (including phenoxy) is 1. The maximum atomic E-state index is 11.6. The third-order valence-corrected chi connectivity index (χ3v) is 2.71.